The van der Waals surface area contributed by atoms with Crippen molar-refractivity contribution in [2.45, 2.75) is 25.4 Å². The summed E-state index contributed by atoms with van der Waals surface area (Å²) >= 11 is 0. The SMILES string of the molecule is O=C1CC(O)CCN1CCc1c[nH]c2ccccc12. The van der Waals surface area contributed by atoms with Crippen LogP contribution in [-0.4, -0.2) is 40.1 Å². The number of carbonyl (C=O) groups is 1. The van der Waals surface area contributed by atoms with Gasteiger partial charge in [0.25, 0.3) is 0 Å². The molecule has 4 nitrogen and oxygen atoms in total. The summed E-state index contributed by atoms with van der Waals surface area (Å²) in [5.41, 5.74) is 2.38. The third-order valence-electron chi connectivity index (χ3n) is 3.82. The van der Waals surface area contributed by atoms with Crippen molar-refractivity contribution in [3.8, 4) is 0 Å². The highest BCUT2D eigenvalue weighted by molar-refractivity contribution is 5.83. The molecular weight excluding hydrogens is 240 g/mol. The van der Waals surface area contributed by atoms with Crippen molar-refractivity contribution < 1.29 is 9.90 Å². The number of amides is 1. The number of hydrogen-bond acceptors (Lipinski definition) is 2. The molecule has 4 heteroatoms. The van der Waals surface area contributed by atoms with E-state index in [0.717, 1.165) is 18.5 Å². The first kappa shape index (κ1) is 12.2. The summed E-state index contributed by atoms with van der Waals surface area (Å²) in [5, 5.41) is 10.7. The molecule has 0 aliphatic carbocycles. The molecule has 2 heterocycles. The molecule has 1 fully saturated rings. The van der Waals surface area contributed by atoms with Crippen molar-refractivity contribution in [1.82, 2.24) is 9.88 Å². The minimum Gasteiger partial charge on any atom is -0.393 e. The number of fused-ring (bicyclic) bond motifs is 1. The van der Waals surface area contributed by atoms with E-state index < -0.39 is 6.10 Å². The highest BCUT2D eigenvalue weighted by Gasteiger charge is 2.23. The third kappa shape index (κ3) is 2.49. The number of aliphatic hydroxyl groups excluding tert-OH is 1. The molecule has 2 aromatic rings. The van der Waals surface area contributed by atoms with Crippen molar-refractivity contribution >= 4 is 16.8 Å². The standard InChI is InChI=1S/C15H18N2O2/c18-12-6-8-17(15(19)9-12)7-5-11-10-16-14-4-2-1-3-13(11)14/h1-4,10,12,16,18H,5-9H2. The minimum absolute atomic E-state index is 0.0681. The average Bonchev–Trinajstić information content (AvgIpc) is 2.81. The molecule has 1 amide bonds. The fourth-order valence-corrected chi connectivity index (χ4v) is 2.69. The molecule has 0 spiro atoms. The molecule has 100 valence electrons. The zero-order chi connectivity index (χ0) is 13.2. The van der Waals surface area contributed by atoms with Crippen LogP contribution in [-0.2, 0) is 11.2 Å². The summed E-state index contributed by atoms with van der Waals surface area (Å²) in [4.78, 5) is 16.9. The van der Waals surface area contributed by atoms with Crippen LogP contribution >= 0.6 is 0 Å². The summed E-state index contributed by atoms with van der Waals surface area (Å²) < 4.78 is 0. The maximum absolute atomic E-state index is 11.8. The Kier molecular flexibility index (Phi) is 3.25. The molecule has 1 aromatic carbocycles. The first-order valence-electron chi connectivity index (χ1n) is 6.75. The van der Waals surface area contributed by atoms with Gasteiger partial charge in [0.1, 0.15) is 0 Å². The molecule has 0 saturated carbocycles. The van der Waals surface area contributed by atoms with Crippen molar-refractivity contribution in [2.24, 2.45) is 0 Å². The van der Waals surface area contributed by atoms with Crippen molar-refractivity contribution in [1.29, 1.82) is 0 Å². The number of benzene rings is 1. The first-order chi connectivity index (χ1) is 9.24. The van der Waals surface area contributed by atoms with Gasteiger partial charge in [0.2, 0.25) is 5.91 Å². The molecule has 1 aromatic heterocycles. The van der Waals surface area contributed by atoms with E-state index in [-0.39, 0.29) is 12.3 Å². The lowest BCUT2D eigenvalue weighted by Gasteiger charge is -2.29. The fourth-order valence-electron chi connectivity index (χ4n) is 2.69. The number of aromatic nitrogens is 1. The monoisotopic (exact) mass is 258 g/mol. The van der Waals surface area contributed by atoms with E-state index in [1.165, 1.54) is 10.9 Å². The molecule has 2 N–H and O–H groups in total. The van der Waals surface area contributed by atoms with E-state index in [2.05, 4.69) is 17.1 Å². The number of likely N-dealkylation sites (tertiary alicyclic amines) is 1. The second-order valence-corrected chi connectivity index (χ2v) is 5.14. The van der Waals surface area contributed by atoms with Gasteiger partial charge in [-0.2, -0.15) is 0 Å². The first-order valence-corrected chi connectivity index (χ1v) is 6.75. The van der Waals surface area contributed by atoms with Gasteiger partial charge in [-0.25, -0.2) is 0 Å². The highest BCUT2D eigenvalue weighted by Crippen LogP contribution is 2.19. The molecule has 0 radical (unpaired) electrons. The fraction of sp³-hybridized carbons (Fsp3) is 0.400. The van der Waals surface area contributed by atoms with Crippen LogP contribution in [0, 0.1) is 0 Å². The van der Waals surface area contributed by atoms with E-state index in [0.29, 0.717) is 13.0 Å². The summed E-state index contributed by atoms with van der Waals surface area (Å²) in [6.45, 7) is 1.40. The predicted octanol–water partition coefficient (Wildman–Crippen LogP) is 1.69. The van der Waals surface area contributed by atoms with Crippen LogP contribution in [0.25, 0.3) is 10.9 Å². The highest BCUT2D eigenvalue weighted by atomic mass is 16.3. The second kappa shape index (κ2) is 5.05. The number of hydrogen-bond donors (Lipinski definition) is 2. The Balaban J connectivity index is 1.68. The Morgan fingerprint density at radius 3 is 3.05 bits per heavy atom. The molecule has 3 rings (SSSR count). The van der Waals surface area contributed by atoms with Crippen LogP contribution < -0.4 is 0 Å². The topological polar surface area (TPSA) is 56.3 Å². The average molecular weight is 258 g/mol. The zero-order valence-electron chi connectivity index (χ0n) is 10.8. The van der Waals surface area contributed by atoms with E-state index >= 15 is 0 Å². The molecular formula is C15H18N2O2. The van der Waals surface area contributed by atoms with Crippen LogP contribution in [0.15, 0.2) is 30.5 Å². The minimum atomic E-state index is -0.447. The van der Waals surface area contributed by atoms with Gasteiger partial charge in [0.05, 0.1) is 12.5 Å². The Morgan fingerprint density at radius 1 is 1.37 bits per heavy atom. The van der Waals surface area contributed by atoms with Gasteiger partial charge in [0.15, 0.2) is 0 Å². The largest absolute Gasteiger partial charge is 0.393 e. The molecule has 0 bridgehead atoms. The molecule has 19 heavy (non-hydrogen) atoms. The number of para-hydroxylation sites is 1. The van der Waals surface area contributed by atoms with E-state index in [9.17, 15) is 9.90 Å². The normalized spacial score (nSPS) is 20.2. The van der Waals surface area contributed by atoms with Crippen LogP contribution in [0.5, 0.6) is 0 Å². The summed E-state index contributed by atoms with van der Waals surface area (Å²) in [6, 6.07) is 8.20. The Hall–Kier alpha value is -1.81. The lowest BCUT2D eigenvalue weighted by molar-refractivity contribution is -0.136. The number of nitrogens with one attached hydrogen (secondary N) is 1. The number of rotatable bonds is 3. The van der Waals surface area contributed by atoms with Crippen LogP contribution in [0.3, 0.4) is 0 Å². The molecule has 1 atom stereocenters. The molecule has 1 unspecified atom stereocenters. The smallest absolute Gasteiger partial charge is 0.225 e. The zero-order valence-corrected chi connectivity index (χ0v) is 10.8. The molecule has 1 aliphatic heterocycles. The Bertz CT molecular complexity index is 591. The van der Waals surface area contributed by atoms with Gasteiger partial charge < -0.3 is 15.0 Å². The lowest BCUT2D eigenvalue weighted by Crippen LogP contribution is -2.41. The van der Waals surface area contributed by atoms with Gasteiger partial charge >= 0.3 is 0 Å². The van der Waals surface area contributed by atoms with Gasteiger partial charge in [-0.3, -0.25) is 4.79 Å². The van der Waals surface area contributed by atoms with E-state index in [1.54, 1.807) is 0 Å². The summed E-state index contributed by atoms with van der Waals surface area (Å²) in [5.74, 6) is 0.0681. The number of aliphatic hydroxyl groups is 1. The third-order valence-corrected chi connectivity index (χ3v) is 3.82. The number of aromatic amines is 1. The quantitative estimate of drug-likeness (QED) is 0.880. The van der Waals surface area contributed by atoms with Gasteiger partial charge in [0, 0.05) is 30.2 Å². The second-order valence-electron chi connectivity index (χ2n) is 5.14. The maximum atomic E-state index is 11.8. The Morgan fingerprint density at radius 2 is 2.21 bits per heavy atom. The van der Waals surface area contributed by atoms with Crippen molar-refractivity contribution in [2.75, 3.05) is 13.1 Å². The predicted molar refractivity (Wildman–Crippen MR) is 73.8 cm³/mol. The van der Waals surface area contributed by atoms with Crippen LogP contribution in [0.2, 0.25) is 0 Å². The van der Waals surface area contributed by atoms with Gasteiger partial charge in [-0.05, 0) is 24.5 Å². The van der Waals surface area contributed by atoms with Gasteiger partial charge in [-0.1, -0.05) is 18.2 Å². The number of H-pyrrole nitrogens is 1. The van der Waals surface area contributed by atoms with Crippen LogP contribution in [0.1, 0.15) is 18.4 Å². The lowest BCUT2D eigenvalue weighted by atomic mass is 10.1. The summed E-state index contributed by atoms with van der Waals surface area (Å²) in [7, 11) is 0. The van der Waals surface area contributed by atoms with Crippen molar-refractivity contribution in [3.05, 3.63) is 36.0 Å². The number of piperidine rings is 1. The molecule has 1 aliphatic rings. The van der Waals surface area contributed by atoms with Crippen LogP contribution in [0.4, 0.5) is 0 Å². The van der Waals surface area contributed by atoms with Gasteiger partial charge in [-0.15, -0.1) is 0 Å². The Labute approximate surface area is 112 Å². The number of nitrogens with zero attached hydrogens (tertiary/aromatic N) is 1. The van der Waals surface area contributed by atoms with E-state index in [4.69, 9.17) is 0 Å². The van der Waals surface area contributed by atoms with E-state index in [1.807, 2.05) is 23.2 Å². The maximum Gasteiger partial charge on any atom is 0.225 e. The molecule has 1 saturated heterocycles. The van der Waals surface area contributed by atoms with Crippen molar-refractivity contribution in [3.63, 3.8) is 0 Å². The summed E-state index contributed by atoms with van der Waals surface area (Å²) in [6.07, 6.45) is 3.39. The number of carbonyl (C=O) groups excluding carboxylic acids is 1.